The number of nitrogens with zero attached hydrogens (tertiary/aromatic N) is 2. The predicted molar refractivity (Wildman–Crippen MR) is 92.0 cm³/mol. The standard InChI is InChI=1S/C16H20Br2N2/c17-10-4-8-15-13-20(16(19-15)9-5-11-18)12-14-6-2-1-3-7-14/h1-3,6-7,13H,4-5,8-12H2. The number of aromatic nitrogens is 2. The van der Waals surface area contributed by atoms with E-state index >= 15 is 0 Å². The Bertz CT molecular complexity index is 508. The lowest BCUT2D eigenvalue weighted by Gasteiger charge is -2.07. The van der Waals surface area contributed by atoms with Crippen LogP contribution >= 0.6 is 31.9 Å². The summed E-state index contributed by atoms with van der Waals surface area (Å²) in [6.45, 7) is 0.916. The van der Waals surface area contributed by atoms with Gasteiger partial charge in [0.1, 0.15) is 5.82 Å². The first-order chi connectivity index (χ1) is 9.83. The van der Waals surface area contributed by atoms with Gasteiger partial charge in [0.05, 0.1) is 5.69 Å². The third kappa shape index (κ3) is 4.74. The van der Waals surface area contributed by atoms with Crippen molar-refractivity contribution in [3.8, 4) is 0 Å². The molecule has 0 saturated carbocycles. The van der Waals surface area contributed by atoms with E-state index in [0.717, 1.165) is 42.9 Å². The zero-order valence-electron chi connectivity index (χ0n) is 11.6. The number of hydrogen-bond acceptors (Lipinski definition) is 1. The summed E-state index contributed by atoms with van der Waals surface area (Å²) in [6, 6.07) is 10.6. The smallest absolute Gasteiger partial charge is 0.109 e. The number of imidazole rings is 1. The van der Waals surface area contributed by atoms with Crippen LogP contribution in [0.1, 0.15) is 29.9 Å². The first-order valence-corrected chi connectivity index (χ1v) is 9.28. The van der Waals surface area contributed by atoms with Crippen molar-refractivity contribution < 1.29 is 0 Å². The van der Waals surface area contributed by atoms with Gasteiger partial charge in [0.2, 0.25) is 0 Å². The van der Waals surface area contributed by atoms with Crippen LogP contribution in [0.15, 0.2) is 36.5 Å². The molecular formula is C16H20Br2N2. The Morgan fingerprint density at radius 2 is 1.65 bits per heavy atom. The van der Waals surface area contributed by atoms with Crippen molar-refractivity contribution in [2.24, 2.45) is 0 Å². The molecule has 0 fully saturated rings. The van der Waals surface area contributed by atoms with Gasteiger partial charge in [-0.3, -0.25) is 0 Å². The van der Waals surface area contributed by atoms with Crippen molar-refractivity contribution in [2.45, 2.75) is 32.2 Å². The molecule has 0 saturated heterocycles. The number of hydrogen-bond donors (Lipinski definition) is 0. The minimum atomic E-state index is 0.916. The second-order valence-corrected chi connectivity index (χ2v) is 6.43. The molecule has 4 heteroatoms. The first-order valence-electron chi connectivity index (χ1n) is 7.04. The lowest BCUT2D eigenvalue weighted by molar-refractivity contribution is 0.708. The molecular weight excluding hydrogens is 380 g/mol. The molecule has 0 spiro atoms. The van der Waals surface area contributed by atoms with Crippen molar-refractivity contribution in [3.63, 3.8) is 0 Å². The molecule has 2 aromatic rings. The summed E-state index contributed by atoms with van der Waals surface area (Å²) in [5.74, 6) is 1.21. The molecule has 1 aromatic heterocycles. The van der Waals surface area contributed by atoms with Gasteiger partial charge in [0.25, 0.3) is 0 Å². The van der Waals surface area contributed by atoms with Gasteiger partial charge in [-0.2, -0.15) is 0 Å². The first kappa shape index (κ1) is 15.8. The van der Waals surface area contributed by atoms with Gasteiger partial charge >= 0.3 is 0 Å². The average Bonchev–Trinajstić information content (AvgIpc) is 2.86. The van der Waals surface area contributed by atoms with E-state index in [1.54, 1.807) is 0 Å². The summed E-state index contributed by atoms with van der Waals surface area (Å²) in [7, 11) is 0. The van der Waals surface area contributed by atoms with Gasteiger partial charge < -0.3 is 4.57 Å². The van der Waals surface area contributed by atoms with E-state index in [9.17, 15) is 0 Å². The molecule has 0 N–H and O–H groups in total. The van der Waals surface area contributed by atoms with Crippen LogP contribution in [-0.4, -0.2) is 20.2 Å². The Morgan fingerprint density at radius 1 is 0.950 bits per heavy atom. The fraction of sp³-hybridized carbons (Fsp3) is 0.438. The normalized spacial score (nSPS) is 10.9. The molecule has 0 aliphatic heterocycles. The van der Waals surface area contributed by atoms with Crippen LogP contribution in [0.4, 0.5) is 0 Å². The molecule has 0 bridgehead atoms. The van der Waals surface area contributed by atoms with Crippen LogP contribution in [-0.2, 0) is 19.4 Å². The summed E-state index contributed by atoms with van der Waals surface area (Å²) in [6.07, 6.45) is 6.57. The van der Waals surface area contributed by atoms with Crippen molar-refractivity contribution in [2.75, 3.05) is 10.7 Å². The van der Waals surface area contributed by atoms with Crippen LogP contribution in [0.25, 0.3) is 0 Å². The Balaban J connectivity index is 2.13. The fourth-order valence-corrected chi connectivity index (χ4v) is 2.78. The number of alkyl halides is 2. The molecule has 20 heavy (non-hydrogen) atoms. The van der Waals surface area contributed by atoms with E-state index < -0.39 is 0 Å². The van der Waals surface area contributed by atoms with Gasteiger partial charge in [0.15, 0.2) is 0 Å². The minimum Gasteiger partial charge on any atom is -0.330 e. The van der Waals surface area contributed by atoms with E-state index in [1.165, 1.54) is 17.1 Å². The Labute approximate surface area is 137 Å². The van der Waals surface area contributed by atoms with Gasteiger partial charge in [0, 0.05) is 29.8 Å². The molecule has 0 aliphatic rings. The van der Waals surface area contributed by atoms with Gasteiger partial charge in [-0.05, 0) is 24.8 Å². The summed E-state index contributed by atoms with van der Waals surface area (Å²) in [5, 5.41) is 2.07. The summed E-state index contributed by atoms with van der Waals surface area (Å²) < 4.78 is 2.31. The van der Waals surface area contributed by atoms with Crippen LogP contribution in [0.5, 0.6) is 0 Å². The number of rotatable bonds is 8. The Kier molecular flexibility index (Phi) is 6.80. The van der Waals surface area contributed by atoms with E-state index in [2.05, 4.69) is 73.0 Å². The zero-order valence-corrected chi connectivity index (χ0v) is 14.7. The average molecular weight is 400 g/mol. The fourth-order valence-electron chi connectivity index (χ4n) is 2.22. The van der Waals surface area contributed by atoms with Crippen molar-refractivity contribution in [3.05, 3.63) is 53.6 Å². The Hall–Kier alpha value is -0.610. The summed E-state index contributed by atoms with van der Waals surface area (Å²) in [5.41, 5.74) is 2.54. The SMILES string of the molecule is BrCCCc1cn(Cc2ccccc2)c(CCCBr)n1. The molecule has 0 atom stereocenters. The number of benzene rings is 1. The van der Waals surface area contributed by atoms with Gasteiger partial charge in [-0.25, -0.2) is 4.98 Å². The lowest BCUT2D eigenvalue weighted by atomic mass is 10.2. The topological polar surface area (TPSA) is 17.8 Å². The maximum absolute atomic E-state index is 4.80. The highest BCUT2D eigenvalue weighted by molar-refractivity contribution is 9.09. The van der Waals surface area contributed by atoms with Crippen molar-refractivity contribution in [1.82, 2.24) is 9.55 Å². The van der Waals surface area contributed by atoms with Crippen LogP contribution in [0, 0.1) is 0 Å². The molecule has 0 aliphatic carbocycles. The van der Waals surface area contributed by atoms with Crippen molar-refractivity contribution in [1.29, 1.82) is 0 Å². The van der Waals surface area contributed by atoms with E-state index in [-0.39, 0.29) is 0 Å². The molecule has 108 valence electrons. The highest BCUT2D eigenvalue weighted by Crippen LogP contribution is 2.12. The van der Waals surface area contributed by atoms with Crippen LogP contribution in [0.2, 0.25) is 0 Å². The number of aryl methyl sites for hydroxylation is 2. The highest BCUT2D eigenvalue weighted by Gasteiger charge is 2.08. The molecule has 0 radical (unpaired) electrons. The molecule has 1 heterocycles. The summed E-state index contributed by atoms with van der Waals surface area (Å²) in [4.78, 5) is 4.80. The maximum Gasteiger partial charge on any atom is 0.109 e. The monoisotopic (exact) mass is 398 g/mol. The summed E-state index contributed by atoms with van der Waals surface area (Å²) >= 11 is 6.99. The molecule has 1 aromatic carbocycles. The highest BCUT2D eigenvalue weighted by atomic mass is 79.9. The van der Waals surface area contributed by atoms with Crippen molar-refractivity contribution >= 4 is 31.9 Å². The Morgan fingerprint density at radius 3 is 2.35 bits per heavy atom. The maximum atomic E-state index is 4.80. The molecule has 0 amide bonds. The van der Waals surface area contributed by atoms with E-state index in [1.807, 2.05) is 0 Å². The second-order valence-electron chi connectivity index (χ2n) is 4.85. The predicted octanol–water partition coefficient (Wildman–Crippen LogP) is 4.59. The molecule has 2 nitrogen and oxygen atoms in total. The quantitative estimate of drug-likeness (QED) is 0.593. The number of halogens is 2. The zero-order chi connectivity index (χ0) is 14.2. The van der Waals surface area contributed by atoms with Crippen LogP contribution < -0.4 is 0 Å². The lowest BCUT2D eigenvalue weighted by Crippen LogP contribution is -2.04. The van der Waals surface area contributed by atoms with E-state index in [0.29, 0.717) is 0 Å². The van der Waals surface area contributed by atoms with Gasteiger partial charge in [-0.15, -0.1) is 0 Å². The minimum absolute atomic E-state index is 0.916. The van der Waals surface area contributed by atoms with E-state index in [4.69, 9.17) is 4.98 Å². The van der Waals surface area contributed by atoms with Crippen LogP contribution in [0.3, 0.4) is 0 Å². The largest absolute Gasteiger partial charge is 0.330 e. The second kappa shape index (κ2) is 8.63. The third-order valence-corrected chi connectivity index (χ3v) is 4.33. The third-order valence-electron chi connectivity index (χ3n) is 3.21. The molecule has 0 unspecified atom stereocenters. The molecule has 2 rings (SSSR count). The van der Waals surface area contributed by atoms with Gasteiger partial charge in [-0.1, -0.05) is 62.2 Å².